The van der Waals surface area contributed by atoms with Crippen molar-refractivity contribution < 1.29 is 31.0 Å². The average molecular weight is 436 g/mol. The van der Waals surface area contributed by atoms with Crippen LogP contribution in [-0.2, 0) is 9.53 Å². The van der Waals surface area contributed by atoms with E-state index in [4.69, 9.17) is 4.74 Å². The van der Waals surface area contributed by atoms with Crippen LogP contribution in [0.2, 0.25) is 0 Å². The number of carbonyl (C=O) groups is 1. The van der Waals surface area contributed by atoms with Gasteiger partial charge >= 0.3 is 116 Å². The molecule has 0 aromatic rings. The third kappa shape index (κ3) is 2.96. The summed E-state index contributed by atoms with van der Waals surface area (Å²) in [6.07, 6.45) is 5.51. The molecule has 88 valence electrons. The zero-order chi connectivity index (χ0) is 10.9. The van der Waals surface area contributed by atoms with Crippen molar-refractivity contribution in [3.63, 3.8) is 0 Å². The molecule has 1 saturated heterocycles. The van der Waals surface area contributed by atoms with Crippen molar-refractivity contribution in [1.82, 2.24) is 3.53 Å². The Bertz CT molecular complexity index is 250. The van der Waals surface area contributed by atoms with E-state index in [0.717, 1.165) is 19.3 Å². The number of carbonyl (C=O) groups excluding carboxylic acids is 1. The summed E-state index contributed by atoms with van der Waals surface area (Å²) < 4.78 is 9.52. The van der Waals surface area contributed by atoms with Crippen LogP contribution in [-0.4, -0.2) is 19.5 Å². The molecule has 0 amide bonds. The maximum atomic E-state index is 11.9. The molecule has 1 N–H and O–H groups in total. The van der Waals surface area contributed by atoms with Gasteiger partial charge in [0.1, 0.15) is 0 Å². The van der Waals surface area contributed by atoms with E-state index < -0.39 is 0 Å². The second-order valence-electron chi connectivity index (χ2n) is 4.19. The average Bonchev–Trinajstić information content (AvgIpc) is 2.99. The Balaban J connectivity index is 1.90. The van der Waals surface area contributed by atoms with Gasteiger partial charge in [-0.15, -0.1) is 0 Å². The third-order valence-electron chi connectivity index (χ3n) is 3.19. The Hall–Kier alpha value is 0.890. The number of hydrogen-bond donors (Lipinski definition) is 1. The maximum absolute atomic E-state index is 11.9. The summed E-state index contributed by atoms with van der Waals surface area (Å²) in [6.45, 7) is 2.13. The van der Waals surface area contributed by atoms with Crippen LogP contribution in [0.15, 0.2) is 0 Å². The summed E-state index contributed by atoms with van der Waals surface area (Å²) in [5.74, 6) is 0.00838. The van der Waals surface area contributed by atoms with E-state index in [1.54, 1.807) is 0 Å². The molecule has 0 aromatic carbocycles. The predicted molar refractivity (Wildman–Crippen MR) is 62.3 cm³/mol. The van der Waals surface area contributed by atoms with Crippen molar-refractivity contribution in [3.8, 4) is 0 Å². The number of nitrogens with one attached hydrogen (secondary N) is 1. The van der Waals surface area contributed by atoms with Gasteiger partial charge < -0.3 is 0 Å². The van der Waals surface area contributed by atoms with Crippen LogP contribution in [0.5, 0.6) is 0 Å². The monoisotopic (exact) mass is 436 g/mol. The Labute approximate surface area is 115 Å². The SMILES string of the molecule is CCC1(OC(=O)C(I)C2N[I-]2)CCCC1. The molecule has 2 fully saturated rings. The van der Waals surface area contributed by atoms with Gasteiger partial charge in [-0.3, -0.25) is 0 Å². The fraction of sp³-hybridized carbons (Fsp3) is 0.900. The third-order valence-corrected chi connectivity index (χ3v) is 7.86. The van der Waals surface area contributed by atoms with E-state index in [-0.39, 0.29) is 37.0 Å². The van der Waals surface area contributed by atoms with Crippen LogP contribution in [0.3, 0.4) is 0 Å². The number of rotatable bonds is 4. The van der Waals surface area contributed by atoms with Gasteiger partial charge in [-0.2, -0.15) is 0 Å². The van der Waals surface area contributed by atoms with Crippen molar-refractivity contribution >= 4 is 28.6 Å². The van der Waals surface area contributed by atoms with Crippen molar-refractivity contribution in [2.45, 2.75) is 52.6 Å². The standard InChI is InChI=1S/C10H16I2NO2/c1-2-10(5-3-4-6-10)15-9(14)7(11)8-12-13-8/h7-8,13H,2-6H2,1H3/q-1. The van der Waals surface area contributed by atoms with E-state index in [0.29, 0.717) is 4.05 Å². The Morgan fingerprint density at radius 3 is 2.73 bits per heavy atom. The number of halogens is 2. The molecule has 2 aliphatic rings. The second kappa shape index (κ2) is 5.03. The van der Waals surface area contributed by atoms with Gasteiger partial charge in [0.2, 0.25) is 0 Å². The summed E-state index contributed by atoms with van der Waals surface area (Å²) in [4.78, 5) is 11.9. The fourth-order valence-electron chi connectivity index (χ4n) is 2.08. The Kier molecular flexibility index (Phi) is 4.14. The molecule has 2 unspecified atom stereocenters. The molecule has 0 spiro atoms. The van der Waals surface area contributed by atoms with Crippen LogP contribution < -0.4 is 25.0 Å². The molecule has 0 radical (unpaired) electrons. The van der Waals surface area contributed by atoms with Gasteiger partial charge in [-0.05, 0) is 0 Å². The van der Waals surface area contributed by atoms with Crippen LogP contribution in [0.25, 0.3) is 0 Å². The molecule has 2 atom stereocenters. The van der Waals surface area contributed by atoms with Gasteiger partial charge in [0.05, 0.1) is 0 Å². The summed E-state index contributed by atoms with van der Waals surface area (Å²) in [5.41, 5.74) is -0.117. The van der Waals surface area contributed by atoms with Crippen LogP contribution in [0.1, 0.15) is 39.0 Å². The molecule has 0 bridgehead atoms. The van der Waals surface area contributed by atoms with Crippen LogP contribution in [0, 0.1) is 0 Å². The number of alkyl halides is 2. The van der Waals surface area contributed by atoms with Gasteiger partial charge in [0.15, 0.2) is 0 Å². The molecule has 1 aliphatic carbocycles. The Morgan fingerprint density at radius 1 is 1.67 bits per heavy atom. The minimum atomic E-state index is -0.117. The second-order valence-corrected chi connectivity index (χ2v) is 8.12. The zero-order valence-electron chi connectivity index (χ0n) is 8.76. The molecule has 0 aromatic heterocycles. The molecule has 5 heteroatoms. The first kappa shape index (κ1) is 12.3. The van der Waals surface area contributed by atoms with Crippen LogP contribution >= 0.6 is 22.6 Å². The molecular weight excluding hydrogens is 420 g/mol. The number of hydrogen-bond acceptors (Lipinski definition) is 3. The van der Waals surface area contributed by atoms with Crippen molar-refractivity contribution in [3.05, 3.63) is 0 Å². The zero-order valence-corrected chi connectivity index (χ0v) is 13.1. The van der Waals surface area contributed by atoms with E-state index in [2.05, 4.69) is 33.0 Å². The fourth-order valence-corrected chi connectivity index (χ4v) is 5.17. The van der Waals surface area contributed by atoms with E-state index in [1.807, 2.05) is 0 Å². The van der Waals surface area contributed by atoms with Crippen molar-refractivity contribution in [1.29, 1.82) is 0 Å². The van der Waals surface area contributed by atoms with Crippen molar-refractivity contribution in [2.24, 2.45) is 0 Å². The van der Waals surface area contributed by atoms with Gasteiger partial charge in [0, 0.05) is 0 Å². The first-order valence-electron chi connectivity index (χ1n) is 5.42. The molecule has 2 rings (SSSR count). The first-order chi connectivity index (χ1) is 7.17. The Morgan fingerprint density at radius 2 is 2.27 bits per heavy atom. The van der Waals surface area contributed by atoms with Gasteiger partial charge in [-0.25, -0.2) is 0 Å². The van der Waals surface area contributed by atoms with Crippen molar-refractivity contribution in [2.75, 3.05) is 0 Å². The molecular formula is C10H16I2NO2-. The molecule has 1 heterocycles. The summed E-state index contributed by atoms with van der Waals surface area (Å²) >= 11 is 2.32. The predicted octanol–water partition coefficient (Wildman–Crippen LogP) is -1.01. The van der Waals surface area contributed by atoms with E-state index in [9.17, 15) is 4.79 Å². The van der Waals surface area contributed by atoms with Gasteiger partial charge in [0.25, 0.3) is 0 Å². The molecule has 1 aliphatic heterocycles. The normalized spacial score (nSPS) is 30.4. The minimum absolute atomic E-state index is 0.00838. The van der Waals surface area contributed by atoms with E-state index in [1.165, 1.54) is 12.8 Å². The summed E-state index contributed by atoms with van der Waals surface area (Å²) in [7, 11) is 0. The molecule has 1 saturated carbocycles. The summed E-state index contributed by atoms with van der Waals surface area (Å²) in [6, 6.07) is 0. The topological polar surface area (TPSA) is 48.2 Å². The molecule has 3 nitrogen and oxygen atoms in total. The number of esters is 1. The number of ether oxygens (including phenoxy) is 1. The quantitative estimate of drug-likeness (QED) is 0.154. The van der Waals surface area contributed by atoms with Gasteiger partial charge in [-0.1, -0.05) is 0 Å². The first-order valence-corrected chi connectivity index (χ1v) is 8.99. The van der Waals surface area contributed by atoms with Crippen LogP contribution in [0.4, 0.5) is 0 Å². The molecule has 15 heavy (non-hydrogen) atoms. The summed E-state index contributed by atoms with van der Waals surface area (Å²) in [5, 5.41) is 0. The van der Waals surface area contributed by atoms with E-state index >= 15 is 0 Å².